The van der Waals surface area contributed by atoms with Crippen LogP contribution in [-0.2, 0) is 16.6 Å². The summed E-state index contributed by atoms with van der Waals surface area (Å²) >= 11 is 0. The number of hydrogen-bond donors (Lipinski definition) is 2. The Morgan fingerprint density at radius 2 is 1.70 bits per heavy atom. The van der Waals surface area contributed by atoms with Crippen LogP contribution in [0.4, 0.5) is 13.2 Å². The lowest BCUT2D eigenvalue weighted by Gasteiger charge is -2.13. The van der Waals surface area contributed by atoms with E-state index in [4.69, 9.17) is 0 Å². The molecule has 0 aliphatic heterocycles. The van der Waals surface area contributed by atoms with Crippen molar-refractivity contribution >= 4 is 15.9 Å². The number of benzene rings is 2. The van der Waals surface area contributed by atoms with E-state index in [1.807, 2.05) is 0 Å². The van der Waals surface area contributed by atoms with Crippen LogP contribution in [0.25, 0.3) is 0 Å². The van der Waals surface area contributed by atoms with Gasteiger partial charge >= 0.3 is 0 Å². The standard InChI is InChI=1S/C18H19F3N2O3S/c1-3-11(2)23-27(25,26)13-5-7-15(19)14(9-13)18(24)22-10-12-4-6-16(20)17(21)8-12/h4-9,11,23H,3,10H2,1-2H3,(H,22,24). The summed E-state index contributed by atoms with van der Waals surface area (Å²) in [6, 6.07) is 5.63. The van der Waals surface area contributed by atoms with Crippen molar-refractivity contribution in [2.75, 3.05) is 0 Å². The van der Waals surface area contributed by atoms with Gasteiger partial charge in [-0.1, -0.05) is 13.0 Å². The second-order valence-corrected chi connectivity index (χ2v) is 7.72. The first-order valence-electron chi connectivity index (χ1n) is 8.18. The lowest BCUT2D eigenvalue weighted by atomic mass is 10.1. The lowest BCUT2D eigenvalue weighted by Crippen LogP contribution is -2.32. The maximum Gasteiger partial charge on any atom is 0.254 e. The molecule has 0 aromatic heterocycles. The third-order valence-corrected chi connectivity index (χ3v) is 5.49. The van der Waals surface area contributed by atoms with E-state index in [9.17, 15) is 26.4 Å². The molecule has 146 valence electrons. The molecular weight excluding hydrogens is 381 g/mol. The average molecular weight is 400 g/mol. The molecule has 5 nitrogen and oxygen atoms in total. The van der Waals surface area contributed by atoms with E-state index in [-0.39, 0.29) is 23.0 Å². The molecule has 2 N–H and O–H groups in total. The van der Waals surface area contributed by atoms with E-state index in [1.54, 1.807) is 13.8 Å². The van der Waals surface area contributed by atoms with Crippen LogP contribution < -0.4 is 10.0 Å². The summed E-state index contributed by atoms with van der Waals surface area (Å²) in [5.74, 6) is -3.88. The molecule has 0 heterocycles. The summed E-state index contributed by atoms with van der Waals surface area (Å²) in [4.78, 5) is 12.0. The normalized spacial score (nSPS) is 12.6. The van der Waals surface area contributed by atoms with Crippen molar-refractivity contribution < 1.29 is 26.4 Å². The Morgan fingerprint density at radius 1 is 1.04 bits per heavy atom. The van der Waals surface area contributed by atoms with Gasteiger partial charge in [0.1, 0.15) is 5.82 Å². The average Bonchev–Trinajstić information content (AvgIpc) is 2.62. The zero-order valence-electron chi connectivity index (χ0n) is 14.7. The lowest BCUT2D eigenvalue weighted by molar-refractivity contribution is 0.0946. The van der Waals surface area contributed by atoms with E-state index in [1.165, 1.54) is 6.07 Å². The summed E-state index contributed by atoms with van der Waals surface area (Å²) in [5, 5.41) is 2.35. The molecule has 0 aliphatic carbocycles. The highest BCUT2D eigenvalue weighted by Gasteiger charge is 2.21. The van der Waals surface area contributed by atoms with Gasteiger partial charge < -0.3 is 5.32 Å². The highest BCUT2D eigenvalue weighted by atomic mass is 32.2. The van der Waals surface area contributed by atoms with Gasteiger partial charge in [-0.15, -0.1) is 0 Å². The number of hydrogen-bond acceptors (Lipinski definition) is 3. The number of halogens is 3. The van der Waals surface area contributed by atoms with E-state index < -0.39 is 38.9 Å². The molecule has 27 heavy (non-hydrogen) atoms. The molecule has 0 fully saturated rings. The van der Waals surface area contributed by atoms with Crippen molar-refractivity contribution in [3.8, 4) is 0 Å². The van der Waals surface area contributed by atoms with E-state index in [0.717, 1.165) is 30.3 Å². The molecule has 1 unspecified atom stereocenters. The second kappa shape index (κ2) is 8.53. The number of carbonyl (C=O) groups excluding carboxylic acids is 1. The van der Waals surface area contributed by atoms with Crippen LogP contribution in [0.1, 0.15) is 36.2 Å². The smallest absolute Gasteiger partial charge is 0.254 e. The van der Waals surface area contributed by atoms with Gasteiger partial charge in [-0.3, -0.25) is 4.79 Å². The van der Waals surface area contributed by atoms with E-state index in [2.05, 4.69) is 10.0 Å². The van der Waals surface area contributed by atoms with Crippen molar-refractivity contribution in [1.82, 2.24) is 10.0 Å². The van der Waals surface area contributed by atoms with E-state index >= 15 is 0 Å². The van der Waals surface area contributed by atoms with Crippen LogP contribution in [0, 0.1) is 17.5 Å². The van der Waals surface area contributed by atoms with Gasteiger partial charge in [0, 0.05) is 12.6 Å². The number of nitrogens with one attached hydrogen (secondary N) is 2. The van der Waals surface area contributed by atoms with Gasteiger partial charge in [-0.05, 0) is 49.2 Å². The van der Waals surface area contributed by atoms with Gasteiger partial charge in [0.05, 0.1) is 10.5 Å². The SMILES string of the molecule is CCC(C)NS(=O)(=O)c1ccc(F)c(C(=O)NCc2ccc(F)c(F)c2)c1. The Labute approximate surface area is 155 Å². The maximum absolute atomic E-state index is 14.0. The first-order chi connectivity index (χ1) is 12.6. The van der Waals surface area contributed by atoms with Gasteiger partial charge in [0.2, 0.25) is 10.0 Å². The molecule has 0 aliphatic rings. The van der Waals surface area contributed by atoms with Crippen molar-refractivity contribution in [3.63, 3.8) is 0 Å². The summed E-state index contributed by atoms with van der Waals surface area (Å²) < 4.78 is 67.1. The van der Waals surface area contributed by atoms with Gasteiger partial charge in [-0.25, -0.2) is 26.3 Å². The summed E-state index contributed by atoms with van der Waals surface area (Å²) in [5.41, 5.74) is -0.200. The van der Waals surface area contributed by atoms with E-state index in [0.29, 0.717) is 6.42 Å². The Bertz CT molecular complexity index is 949. The highest BCUT2D eigenvalue weighted by Crippen LogP contribution is 2.16. The molecular formula is C18H19F3N2O3S. The number of rotatable bonds is 7. The predicted molar refractivity (Wildman–Crippen MR) is 94.0 cm³/mol. The van der Waals surface area contributed by atoms with Crippen molar-refractivity contribution in [1.29, 1.82) is 0 Å². The molecule has 9 heteroatoms. The maximum atomic E-state index is 14.0. The number of amides is 1. The summed E-state index contributed by atoms with van der Waals surface area (Å²) in [7, 11) is -3.91. The quantitative estimate of drug-likeness (QED) is 0.750. The third kappa shape index (κ3) is 5.30. The second-order valence-electron chi connectivity index (χ2n) is 6.00. The molecule has 0 saturated carbocycles. The Balaban J connectivity index is 2.19. The van der Waals surface area contributed by atoms with Crippen molar-refractivity contribution in [2.24, 2.45) is 0 Å². The van der Waals surface area contributed by atoms with Gasteiger partial charge in [-0.2, -0.15) is 0 Å². The monoisotopic (exact) mass is 400 g/mol. The molecule has 0 spiro atoms. The fraction of sp³-hybridized carbons (Fsp3) is 0.278. The molecule has 2 aromatic carbocycles. The number of carbonyl (C=O) groups is 1. The first-order valence-corrected chi connectivity index (χ1v) is 9.66. The molecule has 1 amide bonds. The zero-order valence-corrected chi connectivity index (χ0v) is 15.5. The van der Waals surface area contributed by atoms with Gasteiger partial charge in [0.25, 0.3) is 5.91 Å². The van der Waals surface area contributed by atoms with Crippen LogP contribution in [0.3, 0.4) is 0 Å². The van der Waals surface area contributed by atoms with Gasteiger partial charge in [0.15, 0.2) is 11.6 Å². The largest absolute Gasteiger partial charge is 0.348 e. The van der Waals surface area contributed by atoms with Crippen LogP contribution in [0.2, 0.25) is 0 Å². The summed E-state index contributed by atoms with van der Waals surface area (Å²) in [6.45, 7) is 3.29. The summed E-state index contributed by atoms with van der Waals surface area (Å²) in [6.07, 6.45) is 0.558. The molecule has 2 rings (SSSR count). The molecule has 1 atom stereocenters. The van der Waals surface area contributed by atoms with Crippen LogP contribution in [0.5, 0.6) is 0 Å². The fourth-order valence-corrected chi connectivity index (χ4v) is 3.54. The van der Waals surface area contributed by atoms with Crippen LogP contribution in [0.15, 0.2) is 41.3 Å². The molecule has 0 bridgehead atoms. The number of sulfonamides is 1. The minimum atomic E-state index is -3.91. The predicted octanol–water partition coefficient (Wildman–Crippen LogP) is 3.11. The van der Waals surface area contributed by atoms with Crippen molar-refractivity contribution in [3.05, 3.63) is 65.0 Å². The first kappa shape index (κ1) is 20.9. The minimum Gasteiger partial charge on any atom is -0.348 e. The fourth-order valence-electron chi connectivity index (χ4n) is 2.19. The molecule has 0 radical (unpaired) electrons. The van der Waals surface area contributed by atoms with Crippen molar-refractivity contribution in [2.45, 2.75) is 37.8 Å². The van der Waals surface area contributed by atoms with Crippen LogP contribution >= 0.6 is 0 Å². The Morgan fingerprint density at radius 3 is 2.33 bits per heavy atom. The Kier molecular flexibility index (Phi) is 6.61. The topological polar surface area (TPSA) is 75.3 Å². The third-order valence-electron chi connectivity index (χ3n) is 3.90. The Hall–Kier alpha value is -2.39. The van der Waals surface area contributed by atoms with Crippen LogP contribution in [-0.4, -0.2) is 20.4 Å². The molecule has 2 aromatic rings. The highest BCUT2D eigenvalue weighted by molar-refractivity contribution is 7.89. The minimum absolute atomic E-state index is 0.183. The molecule has 0 saturated heterocycles. The zero-order chi connectivity index (χ0) is 20.2.